The zero-order valence-electron chi connectivity index (χ0n) is 12.4. The number of thiazole rings is 1. The molecule has 1 aromatic carbocycles. The lowest BCUT2D eigenvalue weighted by Gasteiger charge is -2.05. The van der Waals surface area contributed by atoms with Crippen LogP contribution >= 0.6 is 11.3 Å². The summed E-state index contributed by atoms with van der Waals surface area (Å²) >= 11 is 1.57. The van der Waals surface area contributed by atoms with Gasteiger partial charge in [0.05, 0.1) is 11.4 Å². The Labute approximate surface area is 137 Å². The van der Waals surface area contributed by atoms with Crippen LogP contribution in [0.4, 0.5) is 5.69 Å². The lowest BCUT2D eigenvalue weighted by Crippen LogP contribution is -2.16. The van der Waals surface area contributed by atoms with Crippen molar-refractivity contribution in [3.8, 4) is 11.3 Å². The quantitative estimate of drug-likeness (QED) is 0.767. The molecule has 2 heterocycles. The molecule has 0 aliphatic rings. The number of amides is 1. The van der Waals surface area contributed by atoms with E-state index in [4.69, 9.17) is 0 Å². The van der Waals surface area contributed by atoms with Crippen molar-refractivity contribution >= 4 is 37.7 Å². The zero-order chi connectivity index (χ0) is 16.4. The van der Waals surface area contributed by atoms with Crippen LogP contribution in [0.2, 0.25) is 0 Å². The van der Waals surface area contributed by atoms with E-state index in [-0.39, 0.29) is 18.1 Å². The molecule has 120 valence electrons. The second-order valence-electron chi connectivity index (χ2n) is 5.22. The fourth-order valence-corrected chi connectivity index (χ4v) is 3.35. The fraction of sp³-hybridized carbons (Fsp3) is 0.200. The van der Waals surface area contributed by atoms with E-state index in [1.807, 2.05) is 34.3 Å². The molecule has 0 aliphatic heterocycles. The second-order valence-corrected chi connectivity index (χ2v) is 8.36. The molecule has 0 fully saturated rings. The van der Waals surface area contributed by atoms with Crippen molar-refractivity contribution in [1.82, 2.24) is 9.38 Å². The molecular formula is C15H15N3O3S2. The predicted molar refractivity (Wildman–Crippen MR) is 91.5 cm³/mol. The number of aromatic nitrogens is 2. The maximum absolute atomic E-state index is 11.7. The van der Waals surface area contributed by atoms with Gasteiger partial charge in [0.15, 0.2) is 4.96 Å². The van der Waals surface area contributed by atoms with Crippen LogP contribution in [0.5, 0.6) is 0 Å². The maximum Gasteiger partial charge on any atom is 0.225 e. The Morgan fingerprint density at radius 1 is 1.30 bits per heavy atom. The Morgan fingerprint density at radius 3 is 2.70 bits per heavy atom. The van der Waals surface area contributed by atoms with Gasteiger partial charge in [-0.3, -0.25) is 9.20 Å². The summed E-state index contributed by atoms with van der Waals surface area (Å²) in [5.41, 5.74) is 2.45. The molecule has 23 heavy (non-hydrogen) atoms. The number of nitrogens with one attached hydrogen (secondary N) is 1. The second kappa shape index (κ2) is 6.13. The first-order valence-corrected chi connectivity index (χ1v) is 9.85. The number of anilines is 1. The first-order chi connectivity index (χ1) is 10.9. The molecule has 1 N–H and O–H groups in total. The number of carbonyl (C=O) groups is 1. The minimum atomic E-state index is -3.13. The Hall–Kier alpha value is -2.19. The molecule has 0 atom stereocenters. The molecule has 1 amide bonds. The summed E-state index contributed by atoms with van der Waals surface area (Å²) in [6.45, 7) is 0. The number of imidazole rings is 1. The summed E-state index contributed by atoms with van der Waals surface area (Å²) in [7, 11) is -3.13. The number of hydrogen-bond donors (Lipinski definition) is 1. The van der Waals surface area contributed by atoms with Gasteiger partial charge in [0.25, 0.3) is 0 Å². The molecule has 0 radical (unpaired) electrons. The molecule has 0 bridgehead atoms. The molecule has 8 heteroatoms. The highest BCUT2D eigenvalue weighted by Gasteiger charge is 2.09. The summed E-state index contributed by atoms with van der Waals surface area (Å²) in [4.78, 5) is 17.2. The van der Waals surface area contributed by atoms with Gasteiger partial charge < -0.3 is 5.32 Å². The van der Waals surface area contributed by atoms with E-state index < -0.39 is 9.84 Å². The molecule has 3 aromatic rings. The van der Waals surface area contributed by atoms with Gasteiger partial charge in [-0.15, -0.1) is 11.3 Å². The average Bonchev–Trinajstić information content (AvgIpc) is 3.06. The summed E-state index contributed by atoms with van der Waals surface area (Å²) in [6, 6.07) is 7.31. The van der Waals surface area contributed by atoms with E-state index in [0.29, 0.717) is 5.69 Å². The molecule has 0 aliphatic carbocycles. The Morgan fingerprint density at radius 2 is 2.04 bits per heavy atom. The summed E-state index contributed by atoms with van der Waals surface area (Å²) in [6.07, 6.45) is 4.97. The van der Waals surface area contributed by atoms with Crippen molar-refractivity contribution in [2.45, 2.75) is 6.42 Å². The SMILES string of the molecule is CS(=O)(=O)CCC(=O)Nc1ccc(-c2cn3ccsc3n2)cc1. The third kappa shape index (κ3) is 3.96. The number of fused-ring (bicyclic) bond motifs is 1. The van der Waals surface area contributed by atoms with E-state index in [9.17, 15) is 13.2 Å². The highest BCUT2D eigenvalue weighted by atomic mass is 32.2. The Kier molecular flexibility index (Phi) is 4.18. The third-order valence-corrected chi connectivity index (χ3v) is 4.97. The normalized spacial score (nSPS) is 11.7. The standard InChI is InChI=1S/C15H15N3O3S2/c1-23(20,21)9-6-14(19)16-12-4-2-11(3-5-12)13-10-18-7-8-22-15(18)17-13/h2-5,7-8,10H,6,9H2,1H3,(H,16,19). The number of rotatable bonds is 5. The van der Waals surface area contributed by atoms with Gasteiger partial charge in [0, 0.05) is 41.7 Å². The molecule has 2 aromatic heterocycles. The van der Waals surface area contributed by atoms with Gasteiger partial charge in [-0.25, -0.2) is 13.4 Å². The van der Waals surface area contributed by atoms with Gasteiger partial charge in [-0.05, 0) is 12.1 Å². The molecule has 6 nitrogen and oxygen atoms in total. The smallest absolute Gasteiger partial charge is 0.225 e. The van der Waals surface area contributed by atoms with Crippen molar-refractivity contribution < 1.29 is 13.2 Å². The highest BCUT2D eigenvalue weighted by Crippen LogP contribution is 2.23. The van der Waals surface area contributed by atoms with Gasteiger partial charge in [0.1, 0.15) is 9.84 Å². The van der Waals surface area contributed by atoms with Gasteiger partial charge in [-0.2, -0.15) is 0 Å². The van der Waals surface area contributed by atoms with E-state index in [0.717, 1.165) is 22.5 Å². The summed E-state index contributed by atoms with van der Waals surface area (Å²) < 4.78 is 24.1. The highest BCUT2D eigenvalue weighted by molar-refractivity contribution is 7.90. The fourth-order valence-electron chi connectivity index (χ4n) is 2.09. The minimum Gasteiger partial charge on any atom is -0.326 e. The summed E-state index contributed by atoms with van der Waals surface area (Å²) in [5, 5.41) is 4.66. The first-order valence-electron chi connectivity index (χ1n) is 6.91. The van der Waals surface area contributed by atoms with E-state index in [2.05, 4.69) is 10.3 Å². The maximum atomic E-state index is 11.7. The Balaban J connectivity index is 1.67. The van der Waals surface area contributed by atoms with Crippen molar-refractivity contribution in [3.63, 3.8) is 0 Å². The van der Waals surface area contributed by atoms with Gasteiger partial charge in [0.2, 0.25) is 5.91 Å². The number of carbonyl (C=O) groups excluding carboxylic acids is 1. The van der Waals surface area contributed by atoms with Gasteiger partial charge in [-0.1, -0.05) is 12.1 Å². The van der Waals surface area contributed by atoms with Gasteiger partial charge >= 0.3 is 0 Å². The van der Waals surface area contributed by atoms with Crippen molar-refractivity contribution in [3.05, 3.63) is 42.0 Å². The van der Waals surface area contributed by atoms with Crippen molar-refractivity contribution in [1.29, 1.82) is 0 Å². The minimum absolute atomic E-state index is 0.0437. The number of nitrogens with zero attached hydrogens (tertiary/aromatic N) is 2. The van der Waals surface area contributed by atoms with Crippen LogP contribution in [0.25, 0.3) is 16.2 Å². The first kappa shape index (κ1) is 15.7. The van der Waals surface area contributed by atoms with E-state index >= 15 is 0 Å². The molecule has 3 rings (SSSR count). The number of benzene rings is 1. The van der Waals surface area contributed by atoms with Crippen LogP contribution in [-0.2, 0) is 14.6 Å². The van der Waals surface area contributed by atoms with E-state index in [1.54, 1.807) is 23.5 Å². The number of sulfone groups is 1. The predicted octanol–water partition coefficient (Wildman–Crippen LogP) is 2.44. The molecule has 0 spiro atoms. The van der Waals surface area contributed by atoms with Crippen LogP contribution < -0.4 is 5.32 Å². The average molecular weight is 349 g/mol. The molecule has 0 saturated carbocycles. The van der Waals surface area contributed by atoms with Crippen LogP contribution in [0.1, 0.15) is 6.42 Å². The topological polar surface area (TPSA) is 80.5 Å². The molecule has 0 unspecified atom stereocenters. The monoisotopic (exact) mass is 349 g/mol. The molecule has 0 saturated heterocycles. The van der Waals surface area contributed by atoms with Crippen LogP contribution in [0, 0.1) is 0 Å². The summed E-state index contributed by atoms with van der Waals surface area (Å²) in [5.74, 6) is -0.465. The number of hydrogen-bond acceptors (Lipinski definition) is 5. The zero-order valence-corrected chi connectivity index (χ0v) is 14.0. The van der Waals surface area contributed by atoms with Crippen LogP contribution in [0.15, 0.2) is 42.0 Å². The third-order valence-electron chi connectivity index (χ3n) is 3.26. The molecular weight excluding hydrogens is 334 g/mol. The largest absolute Gasteiger partial charge is 0.326 e. The van der Waals surface area contributed by atoms with Crippen LogP contribution in [-0.4, -0.2) is 35.7 Å². The van der Waals surface area contributed by atoms with Crippen LogP contribution in [0.3, 0.4) is 0 Å². The Bertz CT molecular complexity index is 911. The lowest BCUT2D eigenvalue weighted by atomic mass is 10.1. The van der Waals surface area contributed by atoms with E-state index in [1.165, 1.54) is 0 Å². The lowest BCUT2D eigenvalue weighted by molar-refractivity contribution is -0.115. The van der Waals surface area contributed by atoms with Crippen molar-refractivity contribution in [2.75, 3.05) is 17.3 Å². The van der Waals surface area contributed by atoms with Crippen molar-refractivity contribution in [2.24, 2.45) is 0 Å².